The van der Waals surface area contributed by atoms with Crippen LogP contribution in [0.25, 0.3) is 0 Å². The summed E-state index contributed by atoms with van der Waals surface area (Å²) in [5.41, 5.74) is -3.09. The second-order valence-corrected chi connectivity index (χ2v) is 19.8. The molecule has 3 aliphatic heterocycles. The lowest BCUT2D eigenvalue weighted by atomic mass is 10.0. The number of unbranched alkanes of at least 4 members (excludes halogenated alkanes) is 2. The summed E-state index contributed by atoms with van der Waals surface area (Å²) in [6.07, 6.45) is -16.1. The lowest BCUT2D eigenvalue weighted by molar-refractivity contribution is -0.205. The van der Waals surface area contributed by atoms with Crippen molar-refractivity contribution in [3.8, 4) is 0 Å². The molecular weight excluding hydrogens is 957 g/mol. The van der Waals surface area contributed by atoms with Crippen molar-refractivity contribution >= 4 is 64.9 Å². The summed E-state index contributed by atoms with van der Waals surface area (Å²) in [5, 5.41) is 139. The van der Waals surface area contributed by atoms with Crippen LogP contribution in [0, 0.1) is 0 Å². The second-order valence-electron chi connectivity index (χ2n) is 16.2. The van der Waals surface area contributed by atoms with Crippen LogP contribution >= 0.6 is 35.3 Å². The topological polar surface area (TPSA) is 424 Å². The van der Waals surface area contributed by atoms with E-state index in [4.69, 9.17) is 14.2 Å². The molecule has 3 aliphatic rings. The molecule has 4 amide bonds. The van der Waals surface area contributed by atoms with Gasteiger partial charge in [-0.3, -0.25) is 19.2 Å². The van der Waals surface area contributed by atoms with Gasteiger partial charge in [0.1, 0.15) is 102 Å². The van der Waals surface area contributed by atoms with Gasteiger partial charge in [0.2, 0.25) is 23.6 Å². The Morgan fingerprint density at radius 3 is 1.13 bits per heavy atom. The number of carboxylic acids is 1. The molecule has 0 aromatic rings. The fourth-order valence-electron chi connectivity index (χ4n) is 7.06. The van der Waals surface area contributed by atoms with Gasteiger partial charge in [-0.25, -0.2) is 4.79 Å². The molecule has 0 aromatic carbocycles. The van der Waals surface area contributed by atoms with E-state index in [1.165, 1.54) is 0 Å². The van der Waals surface area contributed by atoms with Crippen LogP contribution in [0.1, 0.15) is 57.8 Å². The highest BCUT2D eigenvalue weighted by atomic mass is 32.2. The Hall–Kier alpha value is -2.20. The second kappa shape index (κ2) is 30.5. The van der Waals surface area contributed by atoms with Gasteiger partial charge in [-0.05, 0) is 38.5 Å². The predicted molar refractivity (Wildman–Crippen MR) is 238 cm³/mol. The highest BCUT2D eigenvalue weighted by Gasteiger charge is 2.46. The number of carbonyl (C=O) groups excluding carboxylic acids is 4. The number of amides is 4. The van der Waals surface area contributed by atoms with Crippen LogP contribution in [0.2, 0.25) is 0 Å². The Balaban J connectivity index is 1.46. The molecule has 3 rings (SSSR count). The number of hydrogen-bond acceptors (Lipinski definition) is 23. The molecule has 0 saturated carbocycles. The van der Waals surface area contributed by atoms with Gasteiger partial charge < -0.3 is 102 Å². The third-order valence-electron chi connectivity index (χ3n) is 11.1. The Bertz CT molecular complexity index is 1530. The van der Waals surface area contributed by atoms with E-state index in [-0.39, 0.29) is 87.1 Å². The van der Waals surface area contributed by atoms with E-state index in [1.807, 2.05) is 0 Å². The molecule has 0 spiro atoms. The monoisotopic (exact) mass is 1020 g/mol. The number of aliphatic carboxylic acids is 1. The number of aliphatic hydroxyl groups excluding tert-OH is 12. The maximum atomic E-state index is 13.5. The summed E-state index contributed by atoms with van der Waals surface area (Å²) in [5.74, 6) is -3.18. The number of hydrogen-bond donors (Lipinski definition) is 17. The minimum absolute atomic E-state index is 0.00685. The summed E-state index contributed by atoms with van der Waals surface area (Å²) in [7, 11) is 0. The third kappa shape index (κ3) is 18.8. The van der Waals surface area contributed by atoms with Crippen molar-refractivity contribution in [2.75, 3.05) is 50.2 Å². The zero-order valence-corrected chi connectivity index (χ0v) is 39.1. The number of thioether (sulfide) groups is 3. The quantitative estimate of drug-likeness (QED) is 0.0310. The fraction of sp³-hybridized carbons (Fsp3) is 0.872. The van der Waals surface area contributed by atoms with Crippen molar-refractivity contribution in [2.24, 2.45) is 0 Å². The van der Waals surface area contributed by atoms with Gasteiger partial charge in [0.05, 0.1) is 19.8 Å². The first-order chi connectivity index (χ1) is 31.8. The van der Waals surface area contributed by atoms with Crippen LogP contribution in [0.4, 0.5) is 0 Å². The zero-order valence-electron chi connectivity index (χ0n) is 36.6. The molecule has 0 aliphatic carbocycles. The first kappa shape index (κ1) is 59.1. The molecule has 0 bridgehead atoms. The van der Waals surface area contributed by atoms with Gasteiger partial charge in [-0.15, -0.1) is 35.3 Å². The van der Waals surface area contributed by atoms with Gasteiger partial charge >= 0.3 is 5.97 Å². The molecule has 0 radical (unpaired) electrons. The van der Waals surface area contributed by atoms with Crippen molar-refractivity contribution in [3.05, 3.63) is 0 Å². The van der Waals surface area contributed by atoms with E-state index in [0.717, 1.165) is 35.3 Å². The number of carbonyl (C=O) groups is 5. The van der Waals surface area contributed by atoms with Crippen LogP contribution in [0.15, 0.2) is 0 Å². The van der Waals surface area contributed by atoms with Crippen molar-refractivity contribution in [1.82, 2.24) is 21.3 Å². The van der Waals surface area contributed by atoms with E-state index < -0.39 is 139 Å². The Morgan fingerprint density at radius 2 is 0.791 bits per heavy atom. The highest BCUT2D eigenvalue weighted by molar-refractivity contribution is 8.00. The van der Waals surface area contributed by atoms with Gasteiger partial charge in [-0.1, -0.05) is 0 Å². The Morgan fingerprint density at radius 1 is 0.448 bits per heavy atom. The summed E-state index contributed by atoms with van der Waals surface area (Å²) >= 11 is 2.96. The van der Waals surface area contributed by atoms with Gasteiger partial charge in [0.15, 0.2) is 0 Å². The van der Waals surface area contributed by atoms with Crippen molar-refractivity contribution in [1.29, 1.82) is 0 Å². The normalized spacial score (nSPS) is 33.0. The van der Waals surface area contributed by atoms with E-state index in [1.54, 1.807) is 0 Å². The molecule has 2 unspecified atom stereocenters. The lowest BCUT2D eigenvalue weighted by Crippen LogP contribution is -2.57. The average molecular weight is 1030 g/mol. The van der Waals surface area contributed by atoms with Crippen molar-refractivity contribution in [2.45, 2.75) is 159 Å². The van der Waals surface area contributed by atoms with E-state index in [9.17, 15) is 90.4 Å². The molecule has 0 aromatic heterocycles. The smallest absolute Gasteiger partial charge is 0.326 e. The largest absolute Gasteiger partial charge is 0.480 e. The molecule has 28 heteroatoms. The Labute approximate surface area is 399 Å². The minimum Gasteiger partial charge on any atom is -0.480 e. The average Bonchev–Trinajstić information content (AvgIpc) is 3.30. The predicted octanol–water partition coefficient (Wildman–Crippen LogP) is -6.62. The van der Waals surface area contributed by atoms with Gasteiger partial charge in [0, 0.05) is 49.6 Å². The molecule has 17 atom stereocenters. The Kier molecular flexibility index (Phi) is 26.9. The number of carboxylic acid groups (broad SMARTS) is 1. The van der Waals surface area contributed by atoms with E-state index in [2.05, 4.69) is 21.3 Å². The summed E-state index contributed by atoms with van der Waals surface area (Å²) in [4.78, 5) is 63.6. The lowest BCUT2D eigenvalue weighted by Gasteiger charge is -2.39. The minimum atomic E-state index is -1.61. The highest BCUT2D eigenvalue weighted by Crippen LogP contribution is 2.31. The fourth-order valence-corrected chi connectivity index (χ4v) is 10.4. The summed E-state index contributed by atoms with van der Waals surface area (Å²) in [6, 6.07) is -2.60. The molecule has 3 heterocycles. The molecule has 25 nitrogen and oxygen atoms in total. The number of aliphatic hydroxyl groups is 12. The maximum absolute atomic E-state index is 13.5. The maximum Gasteiger partial charge on any atom is 0.326 e. The number of rotatable bonds is 29. The molecule has 3 saturated heterocycles. The zero-order chi connectivity index (χ0) is 49.8. The van der Waals surface area contributed by atoms with Crippen LogP contribution in [0.5, 0.6) is 0 Å². The molecular formula is C39H68N4O21S3. The molecule has 67 heavy (non-hydrogen) atoms. The SMILES string of the molecule is O=C(CCSC1O[C@H](CO)[C@H](O)[C@H](O)[C@H]1O)NCCCC[C@H](NC(=O)CCSC1O[C@H](CO)[C@H](O)[C@H](O)[C@H]1O)C(=O)N[C@@H](CCCCNC(=O)CCS[C@@H]1O[C@H](CO)[C@H](O)[C@H](O)[C@H]1O)C(=O)O. The number of nitrogens with one attached hydrogen (secondary N) is 4. The van der Waals surface area contributed by atoms with Crippen LogP contribution in [0.3, 0.4) is 0 Å². The van der Waals surface area contributed by atoms with E-state index in [0.29, 0.717) is 12.8 Å². The first-order valence-corrected chi connectivity index (χ1v) is 25.1. The summed E-state index contributed by atoms with van der Waals surface area (Å²) in [6.45, 7) is -1.49. The van der Waals surface area contributed by atoms with Gasteiger partial charge in [0.25, 0.3) is 0 Å². The standard InChI is InChI=1S/C39H68N4O21S3/c44-15-20-26(50)29(53)32(56)37(62-20)65-12-7-23(47)40-10-3-1-5-18(42-25(49)9-14-67-39-34(58)31(55)28(52)22(17-46)64-39)35(59)43-19(36(60)61)6-2-4-11-41-24(48)8-13-66-38-33(57)30(54)27(51)21(16-45)63-38/h18-22,26-34,37-39,44-46,50-58H,1-17H2,(H,40,47)(H,41,48)(H,42,49)(H,43,59)(H,60,61)/t18-,19-,20+,21+,22+,26-,27-,28-,29-,30-,31-,32+,33+,34+,37?,38-,39?/m0/s1. The van der Waals surface area contributed by atoms with Crippen LogP contribution in [-0.4, -0.2) is 248 Å². The third-order valence-corrected chi connectivity index (χ3v) is 14.6. The summed E-state index contributed by atoms with van der Waals surface area (Å²) < 4.78 is 16.3. The van der Waals surface area contributed by atoms with Gasteiger partial charge in [-0.2, -0.15) is 0 Å². The van der Waals surface area contributed by atoms with Crippen molar-refractivity contribution < 1.29 is 105 Å². The number of ether oxygens (including phenoxy) is 3. The molecule has 388 valence electrons. The van der Waals surface area contributed by atoms with E-state index >= 15 is 0 Å². The van der Waals surface area contributed by atoms with Crippen molar-refractivity contribution in [3.63, 3.8) is 0 Å². The molecule has 3 fully saturated rings. The first-order valence-electron chi connectivity index (χ1n) is 22.0. The van der Waals surface area contributed by atoms with Crippen LogP contribution in [-0.2, 0) is 38.2 Å². The molecule has 17 N–H and O–H groups in total. The van der Waals surface area contributed by atoms with Crippen LogP contribution < -0.4 is 21.3 Å².